The summed E-state index contributed by atoms with van der Waals surface area (Å²) in [5, 5.41) is 3.51. The summed E-state index contributed by atoms with van der Waals surface area (Å²) in [7, 11) is 0. The maximum Gasteiger partial charge on any atom is 0.0155 e. The molecule has 1 saturated carbocycles. The lowest BCUT2D eigenvalue weighted by atomic mass is 9.95. The first-order valence-corrected chi connectivity index (χ1v) is 5.78. The Bertz CT molecular complexity index is 155. The zero-order chi connectivity index (χ0) is 9.15. The van der Waals surface area contributed by atoms with Gasteiger partial charge < -0.3 is 11.1 Å². The van der Waals surface area contributed by atoms with Crippen molar-refractivity contribution in [2.24, 2.45) is 11.7 Å². The highest BCUT2D eigenvalue weighted by molar-refractivity contribution is 4.98. The van der Waals surface area contributed by atoms with Crippen LogP contribution in [-0.2, 0) is 0 Å². The minimum absolute atomic E-state index is 0.270. The normalized spacial score (nSPS) is 32.5. The van der Waals surface area contributed by atoms with Gasteiger partial charge in [-0.2, -0.15) is 0 Å². The second-order valence-electron chi connectivity index (χ2n) is 4.97. The van der Waals surface area contributed by atoms with E-state index in [2.05, 4.69) is 5.32 Å². The topological polar surface area (TPSA) is 38.0 Å². The highest BCUT2D eigenvalue weighted by Gasteiger charge is 2.37. The molecule has 0 bridgehead atoms. The Morgan fingerprint density at radius 2 is 2.15 bits per heavy atom. The minimum Gasteiger partial charge on any atom is -0.325 e. The molecule has 2 rings (SSSR count). The lowest BCUT2D eigenvalue weighted by Crippen LogP contribution is -2.25. The van der Waals surface area contributed by atoms with Crippen molar-refractivity contribution in [1.29, 1.82) is 0 Å². The predicted molar refractivity (Wildman–Crippen MR) is 55.6 cm³/mol. The second-order valence-corrected chi connectivity index (χ2v) is 4.97. The van der Waals surface area contributed by atoms with Crippen LogP contribution in [0.1, 0.15) is 44.9 Å². The highest BCUT2D eigenvalue weighted by Crippen LogP contribution is 2.38. The van der Waals surface area contributed by atoms with E-state index in [9.17, 15) is 0 Å². The summed E-state index contributed by atoms with van der Waals surface area (Å²) in [6.45, 7) is 2.46. The van der Waals surface area contributed by atoms with E-state index in [1.807, 2.05) is 0 Å². The molecule has 0 aromatic rings. The summed E-state index contributed by atoms with van der Waals surface area (Å²) >= 11 is 0. The Hall–Kier alpha value is -0.0800. The summed E-state index contributed by atoms with van der Waals surface area (Å²) in [6, 6.07) is 0. The number of nitrogens with two attached hydrogens (primary N) is 1. The van der Waals surface area contributed by atoms with Gasteiger partial charge in [0.1, 0.15) is 0 Å². The first kappa shape index (κ1) is 9.47. The monoisotopic (exact) mass is 182 g/mol. The van der Waals surface area contributed by atoms with Crippen molar-refractivity contribution in [2.45, 2.75) is 50.5 Å². The van der Waals surface area contributed by atoms with Gasteiger partial charge in [-0.05, 0) is 57.5 Å². The SMILES string of the molecule is NC1(CCC2CCCCNC2)CC1. The first-order chi connectivity index (χ1) is 6.29. The summed E-state index contributed by atoms with van der Waals surface area (Å²) in [4.78, 5) is 0. The van der Waals surface area contributed by atoms with Crippen LogP contribution >= 0.6 is 0 Å². The Balaban J connectivity index is 1.67. The van der Waals surface area contributed by atoms with E-state index in [-0.39, 0.29) is 5.54 Å². The van der Waals surface area contributed by atoms with Gasteiger partial charge in [0.05, 0.1) is 0 Å². The molecule has 0 spiro atoms. The van der Waals surface area contributed by atoms with E-state index in [0.717, 1.165) is 5.92 Å². The molecule has 3 N–H and O–H groups in total. The second kappa shape index (κ2) is 3.97. The van der Waals surface area contributed by atoms with Crippen molar-refractivity contribution in [1.82, 2.24) is 5.32 Å². The highest BCUT2D eigenvalue weighted by atomic mass is 14.9. The molecule has 76 valence electrons. The first-order valence-electron chi connectivity index (χ1n) is 5.78. The fraction of sp³-hybridized carbons (Fsp3) is 1.00. The molecule has 1 unspecified atom stereocenters. The molecule has 1 aliphatic carbocycles. The molecule has 1 heterocycles. The van der Waals surface area contributed by atoms with Crippen molar-refractivity contribution in [3.63, 3.8) is 0 Å². The maximum absolute atomic E-state index is 6.08. The lowest BCUT2D eigenvalue weighted by Gasteiger charge is -2.16. The summed E-state index contributed by atoms with van der Waals surface area (Å²) in [5.74, 6) is 0.906. The van der Waals surface area contributed by atoms with Gasteiger partial charge >= 0.3 is 0 Å². The quantitative estimate of drug-likeness (QED) is 0.696. The summed E-state index contributed by atoms with van der Waals surface area (Å²) in [5.41, 5.74) is 6.35. The van der Waals surface area contributed by atoms with Gasteiger partial charge in [-0.3, -0.25) is 0 Å². The van der Waals surface area contributed by atoms with Crippen molar-refractivity contribution in [3.05, 3.63) is 0 Å². The molecule has 1 saturated heterocycles. The van der Waals surface area contributed by atoms with Crippen molar-refractivity contribution < 1.29 is 0 Å². The van der Waals surface area contributed by atoms with Gasteiger partial charge in [-0.1, -0.05) is 6.42 Å². The van der Waals surface area contributed by atoms with Gasteiger partial charge in [-0.25, -0.2) is 0 Å². The van der Waals surface area contributed by atoms with Crippen LogP contribution in [0.4, 0.5) is 0 Å². The standard InChI is InChI=1S/C11H22N2/c12-11(6-7-11)5-4-10-3-1-2-8-13-9-10/h10,13H,1-9,12H2. The van der Waals surface area contributed by atoms with Crippen molar-refractivity contribution in [3.8, 4) is 0 Å². The number of nitrogens with one attached hydrogen (secondary N) is 1. The molecule has 2 fully saturated rings. The van der Waals surface area contributed by atoms with E-state index in [0.29, 0.717) is 0 Å². The van der Waals surface area contributed by atoms with Crippen LogP contribution in [-0.4, -0.2) is 18.6 Å². The molecule has 0 aromatic carbocycles. The molecule has 2 aliphatic rings. The van der Waals surface area contributed by atoms with Crippen LogP contribution in [0, 0.1) is 5.92 Å². The number of hydrogen-bond donors (Lipinski definition) is 2. The van der Waals surface area contributed by atoms with Crippen LogP contribution in [0.5, 0.6) is 0 Å². The van der Waals surface area contributed by atoms with E-state index in [4.69, 9.17) is 5.73 Å². The molecule has 1 aliphatic heterocycles. The van der Waals surface area contributed by atoms with Gasteiger partial charge in [-0.15, -0.1) is 0 Å². The molecule has 13 heavy (non-hydrogen) atoms. The zero-order valence-corrected chi connectivity index (χ0v) is 8.52. The van der Waals surface area contributed by atoms with Crippen LogP contribution in [0.15, 0.2) is 0 Å². The largest absolute Gasteiger partial charge is 0.325 e. The van der Waals surface area contributed by atoms with Crippen LogP contribution < -0.4 is 11.1 Å². The Morgan fingerprint density at radius 1 is 1.31 bits per heavy atom. The van der Waals surface area contributed by atoms with Crippen LogP contribution in [0.3, 0.4) is 0 Å². The number of hydrogen-bond acceptors (Lipinski definition) is 2. The Kier molecular flexibility index (Phi) is 2.89. The fourth-order valence-electron chi connectivity index (χ4n) is 2.24. The Labute approximate surface area is 81.3 Å². The van der Waals surface area contributed by atoms with E-state index >= 15 is 0 Å². The van der Waals surface area contributed by atoms with Gasteiger partial charge in [0, 0.05) is 5.54 Å². The minimum atomic E-state index is 0.270. The lowest BCUT2D eigenvalue weighted by molar-refractivity contribution is 0.405. The summed E-state index contributed by atoms with van der Waals surface area (Å²) in [6.07, 6.45) is 9.35. The Morgan fingerprint density at radius 3 is 2.92 bits per heavy atom. The van der Waals surface area contributed by atoms with E-state index in [1.165, 1.54) is 58.0 Å². The van der Waals surface area contributed by atoms with Crippen LogP contribution in [0.2, 0.25) is 0 Å². The maximum atomic E-state index is 6.08. The third-order valence-corrected chi connectivity index (χ3v) is 3.59. The molecule has 1 atom stereocenters. The molecular formula is C11H22N2. The fourth-order valence-corrected chi connectivity index (χ4v) is 2.24. The molecule has 0 amide bonds. The molecule has 2 nitrogen and oxygen atoms in total. The van der Waals surface area contributed by atoms with Crippen molar-refractivity contribution >= 4 is 0 Å². The third-order valence-electron chi connectivity index (χ3n) is 3.59. The van der Waals surface area contributed by atoms with Gasteiger partial charge in [0.2, 0.25) is 0 Å². The average Bonchev–Trinajstić information content (AvgIpc) is 2.87. The van der Waals surface area contributed by atoms with Gasteiger partial charge in [0.15, 0.2) is 0 Å². The zero-order valence-electron chi connectivity index (χ0n) is 8.52. The smallest absolute Gasteiger partial charge is 0.0155 e. The number of rotatable bonds is 3. The average molecular weight is 182 g/mol. The molecule has 2 heteroatoms. The molecule has 0 radical (unpaired) electrons. The van der Waals surface area contributed by atoms with Gasteiger partial charge in [0.25, 0.3) is 0 Å². The van der Waals surface area contributed by atoms with Crippen LogP contribution in [0.25, 0.3) is 0 Å². The molecule has 0 aromatic heterocycles. The third kappa shape index (κ3) is 2.96. The van der Waals surface area contributed by atoms with E-state index in [1.54, 1.807) is 0 Å². The van der Waals surface area contributed by atoms with E-state index < -0.39 is 0 Å². The van der Waals surface area contributed by atoms with Crippen molar-refractivity contribution in [2.75, 3.05) is 13.1 Å². The summed E-state index contributed by atoms with van der Waals surface area (Å²) < 4.78 is 0. The predicted octanol–water partition coefficient (Wildman–Crippen LogP) is 1.65. The molecular weight excluding hydrogens is 160 g/mol.